The minimum Gasteiger partial charge on any atom is -0.394 e. The normalized spacial score (nSPS) is 19.3. The van der Waals surface area contributed by atoms with Crippen LogP contribution in [0.1, 0.15) is 31.2 Å². The first kappa shape index (κ1) is 25.3. The minimum absolute atomic E-state index is 0.0901. The van der Waals surface area contributed by atoms with E-state index >= 15 is 0 Å². The number of likely N-dealkylation sites (N-methyl/N-ethyl adjacent to an activating group) is 1. The predicted molar refractivity (Wildman–Crippen MR) is 150 cm³/mol. The number of hydrogen-bond donors (Lipinski definition) is 2. The highest BCUT2D eigenvalue weighted by molar-refractivity contribution is 7.89. The zero-order chi connectivity index (χ0) is 25.9. The molecule has 5 rings (SSSR count). The van der Waals surface area contributed by atoms with E-state index in [2.05, 4.69) is 20.2 Å². The van der Waals surface area contributed by atoms with Gasteiger partial charge in [-0.05, 0) is 42.3 Å². The van der Waals surface area contributed by atoms with E-state index in [1.807, 2.05) is 60.2 Å². The Kier molecular flexibility index (Phi) is 7.23. The highest BCUT2D eigenvalue weighted by Crippen LogP contribution is 2.39. The van der Waals surface area contributed by atoms with Gasteiger partial charge in [-0.25, -0.2) is 18.1 Å². The molecule has 1 aliphatic rings. The van der Waals surface area contributed by atoms with Crippen LogP contribution in [0, 0.1) is 0 Å². The summed E-state index contributed by atoms with van der Waals surface area (Å²) in [6, 6.07) is 16.7. The lowest BCUT2D eigenvalue weighted by molar-refractivity contribution is 0.146. The maximum Gasteiger partial charge on any atom is 0.241 e. The molecule has 0 saturated heterocycles. The lowest BCUT2D eigenvalue weighted by atomic mass is 9.68. The molecule has 1 atom stereocenters. The number of thiocarbonyl (C=S) groups is 1. The molecule has 0 bridgehead atoms. The SMILES string of the molecule is CNC(=S)C1(c2ccc3nccn3c2)CCCC/C1=N/OCCNS(=O)(=O)c1cccc2ccccc12. The fraction of sp³-hybridized carbons (Fsp3) is 0.296. The maximum atomic E-state index is 13.0. The van der Waals surface area contributed by atoms with E-state index in [4.69, 9.17) is 17.1 Å². The highest BCUT2D eigenvalue weighted by atomic mass is 32.2. The number of nitrogens with zero attached hydrogens (tertiary/aromatic N) is 3. The third-order valence-electron chi connectivity index (χ3n) is 6.90. The van der Waals surface area contributed by atoms with Crippen LogP contribution >= 0.6 is 12.2 Å². The molecule has 0 spiro atoms. The van der Waals surface area contributed by atoms with Crippen molar-refractivity contribution in [2.45, 2.75) is 36.0 Å². The molecule has 2 aromatic carbocycles. The molecular weight excluding hydrogens is 506 g/mol. The maximum absolute atomic E-state index is 13.0. The van der Waals surface area contributed by atoms with Crippen LogP contribution in [0.2, 0.25) is 0 Å². The molecule has 2 N–H and O–H groups in total. The van der Waals surface area contributed by atoms with Crippen LogP contribution in [0.25, 0.3) is 16.4 Å². The average molecular weight is 536 g/mol. The Hall–Kier alpha value is -3.34. The Morgan fingerprint density at radius 3 is 2.86 bits per heavy atom. The van der Waals surface area contributed by atoms with Crippen molar-refractivity contribution in [3.63, 3.8) is 0 Å². The number of sulfonamides is 1. The molecule has 1 fully saturated rings. The molecule has 1 aliphatic carbocycles. The summed E-state index contributed by atoms with van der Waals surface area (Å²) in [5.74, 6) is 0. The molecule has 0 amide bonds. The van der Waals surface area contributed by atoms with Gasteiger partial charge in [-0.15, -0.1) is 0 Å². The minimum atomic E-state index is -3.71. The molecule has 0 aliphatic heterocycles. The molecule has 0 radical (unpaired) electrons. The molecule has 8 nitrogen and oxygen atoms in total. The first-order valence-electron chi connectivity index (χ1n) is 12.3. The second kappa shape index (κ2) is 10.6. The Balaban J connectivity index is 1.33. The van der Waals surface area contributed by atoms with Gasteiger partial charge in [0.05, 0.1) is 21.0 Å². The standard InChI is InChI=1S/C27H29N5O3S2/c1-28-26(36)27(21-12-13-25-29-15-17-32(25)19-21)14-5-4-11-24(27)31-35-18-16-30-37(33,34)23-10-6-8-20-7-2-3-9-22(20)23/h2-3,6-10,12-13,15,17,19,30H,4-5,11,14,16,18H2,1H3,(H,28,36)/b31-24-. The fourth-order valence-corrected chi connectivity index (χ4v) is 6.67. The van der Waals surface area contributed by atoms with Crippen molar-refractivity contribution in [1.29, 1.82) is 0 Å². The molecule has 1 unspecified atom stereocenters. The first-order chi connectivity index (χ1) is 18.0. The van der Waals surface area contributed by atoms with E-state index in [1.165, 1.54) is 0 Å². The van der Waals surface area contributed by atoms with Crippen molar-refractivity contribution in [2.75, 3.05) is 20.2 Å². The van der Waals surface area contributed by atoms with Crippen molar-refractivity contribution in [1.82, 2.24) is 19.4 Å². The number of imidazole rings is 1. The van der Waals surface area contributed by atoms with Crippen molar-refractivity contribution < 1.29 is 13.3 Å². The number of benzene rings is 2. The molecule has 1 saturated carbocycles. The molecule has 37 heavy (non-hydrogen) atoms. The molecule has 2 heterocycles. The highest BCUT2D eigenvalue weighted by Gasteiger charge is 2.44. The second-order valence-corrected chi connectivity index (χ2v) is 11.2. The van der Waals surface area contributed by atoms with E-state index in [9.17, 15) is 8.42 Å². The smallest absolute Gasteiger partial charge is 0.241 e. The number of hydrogen-bond acceptors (Lipinski definition) is 6. The summed E-state index contributed by atoms with van der Waals surface area (Å²) in [6.45, 7) is 0.184. The van der Waals surface area contributed by atoms with Gasteiger partial charge in [0, 0.05) is 37.6 Å². The summed E-state index contributed by atoms with van der Waals surface area (Å²) in [6.07, 6.45) is 9.26. The van der Waals surface area contributed by atoms with Crippen LogP contribution in [0.15, 0.2) is 83.2 Å². The Labute approximate surface area is 221 Å². The largest absolute Gasteiger partial charge is 0.394 e. The van der Waals surface area contributed by atoms with Gasteiger partial charge in [-0.2, -0.15) is 0 Å². The van der Waals surface area contributed by atoms with Crippen LogP contribution in [0.5, 0.6) is 0 Å². The van der Waals surface area contributed by atoms with Gasteiger partial charge in [0.1, 0.15) is 12.3 Å². The van der Waals surface area contributed by atoms with Gasteiger partial charge >= 0.3 is 0 Å². The van der Waals surface area contributed by atoms with Crippen LogP contribution in [-0.2, 0) is 20.3 Å². The Morgan fingerprint density at radius 2 is 2.00 bits per heavy atom. The van der Waals surface area contributed by atoms with Crippen LogP contribution in [-0.4, -0.2) is 48.7 Å². The van der Waals surface area contributed by atoms with E-state index < -0.39 is 15.4 Å². The van der Waals surface area contributed by atoms with Crippen LogP contribution < -0.4 is 10.0 Å². The number of aromatic nitrogens is 2. The number of pyridine rings is 1. The van der Waals surface area contributed by atoms with Gasteiger partial charge in [0.15, 0.2) is 0 Å². The zero-order valence-corrected chi connectivity index (χ0v) is 22.2. The van der Waals surface area contributed by atoms with E-state index in [0.717, 1.165) is 48.0 Å². The van der Waals surface area contributed by atoms with E-state index in [0.29, 0.717) is 10.4 Å². The molecule has 10 heteroatoms. The molecule has 2 aromatic heterocycles. The van der Waals surface area contributed by atoms with Gasteiger partial charge < -0.3 is 14.6 Å². The van der Waals surface area contributed by atoms with Crippen molar-refractivity contribution in [3.05, 3.63) is 78.8 Å². The number of nitrogens with one attached hydrogen (secondary N) is 2. The van der Waals surface area contributed by atoms with Gasteiger partial charge in [-0.3, -0.25) is 0 Å². The number of oxime groups is 1. The topological polar surface area (TPSA) is 97.1 Å². The predicted octanol–water partition coefficient (Wildman–Crippen LogP) is 4.20. The monoisotopic (exact) mass is 535 g/mol. The third-order valence-corrected chi connectivity index (χ3v) is 8.98. The summed E-state index contributed by atoms with van der Waals surface area (Å²) >= 11 is 5.83. The fourth-order valence-electron chi connectivity index (χ4n) is 5.09. The quantitative estimate of drug-likeness (QED) is 0.199. The van der Waals surface area contributed by atoms with E-state index in [-0.39, 0.29) is 18.0 Å². The Morgan fingerprint density at radius 1 is 1.16 bits per heavy atom. The summed E-state index contributed by atoms with van der Waals surface area (Å²) in [5.41, 5.74) is 2.13. The molecular formula is C27H29N5O3S2. The van der Waals surface area contributed by atoms with Crippen LogP contribution in [0.3, 0.4) is 0 Å². The zero-order valence-electron chi connectivity index (χ0n) is 20.6. The number of fused-ring (bicyclic) bond motifs is 2. The number of rotatable bonds is 8. The van der Waals surface area contributed by atoms with Crippen molar-refractivity contribution in [3.8, 4) is 0 Å². The van der Waals surface area contributed by atoms with Crippen LogP contribution in [0.4, 0.5) is 0 Å². The average Bonchev–Trinajstić information content (AvgIpc) is 3.40. The Bertz CT molecular complexity index is 1580. The lowest BCUT2D eigenvalue weighted by Crippen LogP contribution is -2.50. The van der Waals surface area contributed by atoms with Gasteiger partial charge in [0.25, 0.3) is 0 Å². The second-order valence-electron chi connectivity index (χ2n) is 9.05. The van der Waals surface area contributed by atoms with E-state index in [1.54, 1.807) is 24.4 Å². The lowest BCUT2D eigenvalue weighted by Gasteiger charge is -2.38. The summed E-state index contributed by atoms with van der Waals surface area (Å²) < 4.78 is 30.6. The first-order valence-corrected chi connectivity index (χ1v) is 14.2. The summed E-state index contributed by atoms with van der Waals surface area (Å²) in [4.78, 5) is 11.0. The van der Waals surface area contributed by atoms with Gasteiger partial charge in [-0.1, -0.05) is 66.3 Å². The van der Waals surface area contributed by atoms with Crippen molar-refractivity contribution in [2.24, 2.45) is 5.16 Å². The summed E-state index contributed by atoms with van der Waals surface area (Å²) in [7, 11) is -1.88. The molecule has 192 valence electrons. The van der Waals surface area contributed by atoms with Gasteiger partial charge in [0.2, 0.25) is 10.0 Å². The van der Waals surface area contributed by atoms with Crippen molar-refractivity contribution >= 4 is 49.4 Å². The third kappa shape index (κ3) is 4.84. The molecule has 4 aromatic rings. The summed E-state index contributed by atoms with van der Waals surface area (Å²) in [5, 5.41) is 9.25.